The van der Waals surface area contributed by atoms with E-state index in [4.69, 9.17) is 23.4 Å². The van der Waals surface area contributed by atoms with Gasteiger partial charge in [-0.05, 0) is 75.7 Å². The van der Waals surface area contributed by atoms with Crippen molar-refractivity contribution in [2.75, 3.05) is 21.3 Å². The average Bonchev–Trinajstić information content (AvgIpc) is 3.58. The lowest BCUT2D eigenvalue weighted by molar-refractivity contribution is -0.143. The normalized spacial score (nSPS) is 14.7. The third kappa shape index (κ3) is 5.70. The number of hydrogen-bond donors (Lipinski definition) is 0. The van der Waals surface area contributed by atoms with E-state index in [1.165, 1.54) is 30.1 Å². The number of hydrogen-bond acceptors (Lipinski definition) is 10. The van der Waals surface area contributed by atoms with Gasteiger partial charge in [0.25, 0.3) is 5.56 Å². The Bertz CT molecular complexity index is 1980. The summed E-state index contributed by atoms with van der Waals surface area (Å²) in [6.07, 6.45) is 1.27. The SMILES string of the molecule is COC(=O)c1ccc(-c2ccc(/C=c3\sc4n(c3=O)[C@H](c3cc(OC)ccc3OC)C(C(=O)OC(C)C)=C(C)N=4)o2)c(C)c1. The lowest BCUT2D eigenvalue weighted by Crippen LogP contribution is -2.40. The van der Waals surface area contributed by atoms with E-state index < -0.39 is 18.0 Å². The quantitative estimate of drug-likeness (QED) is 0.265. The number of rotatable bonds is 8. The molecule has 0 unspecified atom stereocenters. The van der Waals surface area contributed by atoms with E-state index >= 15 is 0 Å². The number of aromatic nitrogens is 1. The van der Waals surface area contributed by atoms with Gasteiger partial charge in [-0.15, -0.1) is 0 Å². The summed E-state index contributed by atoms with van der Waals surface area (Å²) in [5.74, 6) is 1.04. The fourth-order valence-electron chi connectivity index (χ4n) is 5.10. The van der Waals surface area contributed by atoms with Crippen LogP contribution in [-0.2, 0) is 14.3 Å². The predicted octanol–water partition coefficient (Wildman–Crippen LogP) is 4.56. The Balaban J connectivity index is 1.64. The van der Waals surface area contributed by atoms with E-state index in [2.05, 4.69) is 4.99 Å². The maximum atomic E-state index is 14.1. The number of aryl methyl sites for hydroxylation is 1. The second kappa shape index (κ2) is 12.4. The molecule has 2 aromatic carbocycles. The molecule has 0 radical (unpaired) electrons. The van der Waals surface area contributed by atoms with Crippen LogP contribution < -0.4 is 24.4 Å². The molecule has 1 atom stereocenters. The third-order valence-electron chi connectivity index (χ3n) is 7.13. The van der Waals surface area contributed by atoms with Gasteiger partial charge in [0.2, 0.25) is 0 Å². The summed E-state index contributed by atoms with van der Waals surface area (Å²) in [4.78, 5) is 44.5. The molecular formula is C33H32N2O8S. The number of allylic oxidation sites excluding steroid dienone is 1. The van der Waals surface area contributed by atoms with Crippen LogP contribution in [0.1, 0.15) is 54.1 Å². The summed E-state index contributed by atoms with van der Waals surface area (Å²) in [5, 5.41) is 0. The Morgan fingerprint density at radius 1 is 1.00 bits per heavy atom. The number of thiazole rings is 1. The Morgan fingerprint density at radius 3 is 2.43 bits per heavy atom. The summed E-state index contributed by atoms with van der Waals surface area (Å²) in [6, 6.07) is 13.1. The first-order chi connectivity index (χ1) is 21.1. The maximum Gasteiger partial charge on any atom is 0.338 e. The number of benzene rings is 2. The number of ether oxygens (including phenoxy) is 4. The van der Waals surface area contributed by atoms with Gasteiger partial charge in [0, 0.05) is 17.2 Å². The molecule has 10 nitrogen and oxygen atoms in total. The van der Waals surface area contributed by atoms with Gasteiger partial charge in [-0.3, -0.25) is 9.36 Å². The topological polar surface area (TPSA) is 119 Å². The number of methoxy groups -OCH3 is 3. The Labute approximate surface area is 257 Å². The molecule has 0 spiro atoms. The molecule has 0 bridgehead atoms. The zero-order valence-corrected chi connectivity index (χ0v) is 26.2. The van der Waals surface area contributed by atoms with Crippen molar-refractivity contribution < 1.29 is 33.0 Å². The van der Waals surface area contributed by atoms with Gasteiger partial charge in [-0.2, -0.15) is 0 Å². The fourth-order valence-corrected chi connectivity index (χ4v) is 6.12. The number of esters is 2. The van der Waals surface area contributed by atoms with Gasteiger partial charge in [0.05, 0.1) is 48.8 Å². The summed E-state index contributed by atoms with van der Waals surface area (Å²) < 4.78 is 29.5. The van der Waals surface area contributed by atoms with Crippen molar-refractivity contribution in [3.63, 3.8) is 0 Å². The van der Waals surface area contributed by atoms with Gasteiger partial charge in [0.1, 0.15) is 29.1 Å². The van der Waals surface area contributed by atoms with Crippen molar-refractivity contribution >= 4 is 29.4 Å². The largest absolute Gasteiger partial charge is 0.497 e. The number of furan rings is 1. The Kier molecular flexibility index (Phi) is 8.59. The lowest BCUT2D eigenvalue weighted by atomic mass is 9.94. The lowest BCUT2D eigenvalue weighted by Gasteiger charge is -2.26. The highest BCUT2D eigenvalue weighted by Crippen LogP contribution is 2.38. The van der Waals surface area contributed by atoms with Crippen molar-refractivity contribution in [1.29, 1.82) is 0 Å². The van der Waals surface area contributed by atoms with E-state index in [1.807, 2.05) is 6.92 Å². The standard InChI is InChI=1S/C33H32N2O8S/c1-17(2)42-32(38)28-19(4)34-33-35(29(28)24-15-21(39-5)9-12-25(24)40-6)30(36)27(44-33)16-22-10-13-26(43-22)23-11-8-20(14-18(23)3)31(37)41-7/h8-17,29H,1-7H3/b27-16-/t29-/m1/s1. The minimum Gasteiger partial charge on any atom is -0.497 e. The van der Waals surface area contributed by atoms with Crippen molar-refractivity contribution in [3.05, 3.63) is 102 Å². The first-order valence-electron chi connectivity index (χ1n) is 13.8. The van der Waals surface area contributed by atoms with Crippen LogP contribution in [-0.4, -0.2) is 43.9 Å². The van der Waals surface area contributed by atoms with Gasteiger partial charge >= 0.3 is 11.9 Å². The van der Waals surface area contributed by atoms with Crippen LogP contribution in [0.3, 0.4) is 0 Å². The molecule has 2 aromatic heterocycles. The number of carbonyl (C=O) groups excluding carboxylic acids is 2. The summed E-state index contributed by atoms with van der Waals surface area (Å²) in [7, 11) is 4.40. The average molecular weight is 617 g/mol. The van der Waals surface area contributed by atoms with Gasteiger partial charge < -0.3 is 23.4 Å². The summed E-state index contributed by atoms with van der Waals surface area (Å²) in [6.45, 7) is 7.12. The molecule has 0 amide bonds. The highest BCUT2D eigenvalue weighted by atomic mass is 32.1. The number of nitrogens with zero attached hydrogens (tertiary/aromatic N) is 2. The Morgan fingerprint density at radius 2 is 1.77 bits per heavy atom. The van der Waals surface area contributed by atoms with Crippen molar-refractivity contribution in [2.24, 2.45) is 4.99 Å². The molecule has 0 saturated carbocycles. The van der Waals surface area contributed by atoms with Gasteiger partial charge in [-0.25, -0.2) is 14.6 Å². The first kappa shape index (κ1) is 30.6. The van der Waals surface area contributed by atoms with E-state index in [1.54, 1.807) is 82.5 Å². The van der Waals surface area contributed by atoms with Crippen LogP contribution in [0.5, 0.6) is 11.5 Å². The van der Waals surface area contributed by atoms with E-state index in [0.29, 0.717) is 49.2 Å². The molecule has 4 aromatic rings. The minimum absolute atomic E-state index is 0.232. The molecule has 1 aliphatic heterocycles. The van der Waals surface area contributed by atoms with Gasteiger partial charge in [-0.1, -0.05) is 17.4 Å². The maximum absolute atomic E-state index is 14.1. The first-order valence-corrected chi connectivity index (χ1v) is 14.6. The number of carbonyl (C=O) groups is 2. The van der Waals surface area contributed by atoms with E-state index in [-0.39, 0.29) is 17.2 Å². The van der Waals surface area contributed by atoms with Gasteiger partial charge in [0.15, 0.2) is 4.80 Å². The molecule has 1 aliphatic rings. The zero-order valence-electron chi connectivity index (χ0n) is 25.4. The van der Waals surface area contributed by atoms with Crippen LogP contribution in [0, 0.1) is 6.92 Å². The zero-order chi connectivity index (χ0) is 31.7. The van der Waals surface area contributed by atoms with Crippen molar-refractivity contribution in [1.82, 2.24) is 4.57 Å². The highest BCUT2D eigenvalue weighted by Gasteiger charge is 2.36. The monoisotopic (exact) mass is 616 g/mol. The van der Waals surface area contributed by atoms with Crippen LogP contribution in [0.15, 0.2) is 74.0 Å². The second-order valence-electron chi connectivity index (χ2n) is 10.4. The molecule has 11 heteroatoms. The smallest absolute Gasteiger partial charge is 0.338 e. The van der Waals surface area contributed by atoms with Crippen LogP contribution in [0.2, 0.25) is 0 Å². The van der Waals surface area contributed by atoms with Crippen LogP contribution in [0.25, 0.3) is 17.4 Å². The minimum atomic E-state index is -0.882. The van der Waals surface area contributed by atoms with E-state index in [9.17, 15) is 14.4 Å². The van der Waals surface area contributed by atoms with E-state index in [0.717, 1.165) is 11.1 Å². The van der Waals surface area contributed by atoms with Crippen LogP contribution >= 0.6 is 11.3 Å². The van der Waals surface area contributed by atoms with Crippen molar-refractivity contribution in [2.45, 2.75) is 39.8 Å². The fraction of sp³-hybridized carbons (Fsp3) is 0.273. The summed E-state index contributed by atoms with van der Waals surface area (Å²) in [5.41, 5.74) is 2.93. The van der Waals surface area contributed by atoms with Crippen LogP contribution in [0.4, 0.5) is 0 Å². The molecule has 0 fully saturated rings. The molecule has 0 N–H and O–H groups in total. The summed E-state index contributed by atoms with van der Waals surface area (Å²) >= 11 is 1.18. The molecular weight excluding hydrogens is 584 g/mol. The molecule has 0 aliphatic carbocycles. The highest BCUT2D eigenvalue weighted by molar-refractivity contribution is 7.07. The molecule has 0 saturated heterocycles. The second-order valence-corrected chi connectivity index (χ2v) is 11.4. The van der Waals surface area contributed by atoms with Crippen molar-refractivity contribution in [3.8, 4) is 22.8 Å². The Hall–Kier alpha value is -4.90. The third-order valence-corrected chi connectivity index (χ3v) is 8.11. The molecule has 44 heavy (non-hydrogen) atoms. The molecule has 228 valence electrons. The number of fused-ring (bicyclic) bond motifs is 1. The molecule has 3 heterocycles. The molecule has 5 rings (SSSR count). The predicted molar refractivity (Wildman–Crippen MR) is 165 cm³/mol.